The van der Waals surface area contributed by atoms with Crippen LogP contribution in [0.2, 0.25) is 0 Å². The molecule has 0 radical (unpaired) electrons. The fraction of sp³-hybridized carbons (Fsp3) is 0.294. The van der Waals surface area contributed by atoms with Gasteiger partial charge >= 0.3 is 0 Å². The van der Waals surface area contributed by atoms with E-state index < -0.39 is 0 Å². The molecule has 0 saturated carbocycles. The smallest absolute Gasteiger partial charge is 0.131 e. The van der Waals surface area contributed by atoms with E-state index in [0.29, 0.717) is 12.1 Å². The molecule has 0 aromatic heterocycles. The molecule has 1 N–H and O–H groups in total. The summed E-state index contributed by atoms with van der Waals surface area (Å²) in [6.45, 7) is 3.76. The lowest BCUT2D eigenvalue weighted by Gasteiger charge is -2.08. The van der Waals surface area contributed by atoms with Crippen LogP contribution >= 0.6 is 0 Å². The van der Waals surface area contributed by atoms with E-state index in [0.717, 1.165) is 29.8 Å². The quantitative estimate of drug-likeness (QED) is 0.803. The Hall–Kier alpha value is -1.87. The van der Waals surface area contributed by atoms with Gasteiger partial charge in [0.05, 0.1) is 7.11 Å². The summed E-state index contributed by atoms with van der Waals surface area (Å²) in [5.74, 6) is 0.584. The van der Waals surface area contributed by atoms with Gasteiger partial charge in [0.2, 0.25) is 0 Å². The summed E-state index contributed by atoms with van der Waals surface area (Å²) in [6.07, 6.45) is 1.08. The number of benzene rings is 2. The van der Waals surface area contributed by atoms with Gasteiger partial charge in [0, 0.05) is 12.1 Å². The molecule has 0 spiro atoms. The molecule has 0 amide bonds. The zero-order valence-corrected chi connectivity index (χ0v) is 11.9. The van der Waals surface area contributed by atoms with Gasteiger partial charge in [0.15, 0.2) is 0 Å². The lowest BCUT2D eigenvalue weighted by Crippen LogP contribution is -2.13. The van der Waals surface area contributed by atoms with Gasteiger partial charge in [0.1, 0.15) is 11.6 Å². The van der Waals surface area contributed by atoms with E-state index in [9.17, 15) is 4.39 Å². The van der Waals surface area contributed by atoms with Crippen LogP contribution < -0.4 is 10.1 Å². The van der Waals surface area contributed by atoms with Gasteiger partial charge in [0.25, 0.3) is 0 Å². The highest BCUT2D eigenvalue weighted by Gasteiger charge is 2.06. The first-order valence-corrected chi connectivity index (χ1v) is 6.88. The van der Waals surface area contributed by atoms with Crippen LogP contribution in [0.4, 0.5) is 4.39 Å². The summed E-state index contributed by atoms with van der Waals surface area (Å²) >= 11 is 0. The van der Waals surface area contributed by atoms with Gasteiger partial charge in [-0.15, -0.1) is 0 Å². The number of hydrogen-bond acceptors (Lipinski definition) is 2. The molecule has 0 aliphatic rings. The molecule has 0 saturated heterocycles. The number of halogens is 1. The number of rotatable bonds is 6. The third-order valence-corrected chi connectivity index (χ3v) is 3.19. The van der Waals surface area contributed by atoms with Gasteiger partial charge in [-0.3, -0.25) is 0 Å². The molecule has 2 aromatic rings. The summed E-state index contributed by atoms with van der Waals surface area (Å²) < 4.78 is 19.3. The van der Waals surface area contributed by atoms with Crippen LogP contribution in [0.25, 0.3) is 11.1 Å². The van der Waals surface area contributed by atoms with Crippen molar-refractivity contribution >= 4 is 0 Å². The zero-order chi connectivity index (χ0) is 14.4. The average Bonchev–Trinajstić information content (AvgIpc) is 2.48. The van der Waals surface area contributed by atoms with E-state index in [1.807, 2.05) is 36.4 Å². The highest BCUT2D eigenvalue weighted by molar-refractivity contribution is 5.65. The molecule has 0 atom stereocenters. The zero-order valence-electron chi connectivity index (χ0n) is 11.9. The van der Waals surface area contributed by atoms with E-state index in [4.69, 9.17) is 4.74 Å². The maximum absolute atomic E-state index is 14.2. The molecular weight excluding hydrogens is 253 g/mol. The van der Waals surface area contributed by atoms with Crippen LogP contribution in [0.5, 0.6) is 5.75 Å². The van der Waals surface area contributed by atoms with Crippen molar-refractivity contribution in [1.82, 2.24) is 5.32 Å². The molecular formula is C17H20FNO. The topological polar surface area (TPSA) is 21.3 Å². The lowest BCUT2D eigenvalue weighted by atomic mass is 10.0. The SMILES string of the molecule is CCCNCc1ccc(-c2ccc(OC)cc2)c(F)c1. The largest absolute Gasteiger partial charge is 0.497 e. The summed E-state index contributed by atoms with van der Waals surface area (Å²) in [7, 11) is 1.62. The Morgan fingerprint density at radius 1 is 1.10 bits per heavy atom. The predicted octanol–water partition coefficient (Wildman–Crippen LogP) is 4.00. The maximum atomic E-state index is 14.2. The van der Waals surface area contributed by atoms with Crippen molar-refractivity contribution < 1.29 is 9.13 Å². The number of methoxy groups -OCH3 is 1. The highest BCUT2D eigenvalue weighted by atomic mass is 19.1. The van der Waals surface area contributed by atoms with Crippen molar-refractivity contribution in [1.29, 1.82) is 0 Å². The second kappa shape index (κ2) is 7.06. The van der Waals surface area contributed by atoms with Gasteiger partial charge in [-0.25, -0.2) is 4.39 Å². The van der Waals surface area contributed by atoms with Gasteiger partial charge in [-0.05, 0) is 42.3 Å². The summed E-state index contributed by atoms with van der Waals surface area (Å²) in [5.41, 5.74) is 2.44. The van der Waals surface area contributed by atoms with Crippen molar-refractivity contribution in [3.8, 4) is 16.9 Å². The molecule has 106 valence electrons. The first-order valence-electron chi connectivity index (χ1n) is 6.88. The Balaban J connectivity index is 2.15. The van der Waals surface area contributed by atoms with Crippen molar-refractivity contribution in [3.63, 3.8) is 0 Å². The normalized spacial score (nSPS) is 10.6. The first kappa shape index (κ1) is 14.5. The van der Waals surface area contributed by atoms with Gasteiger partial charge in [-0.1, -0.05) is 31.2 Å². The molecule has 2 aromatic carbocycles. The van der Waals surface area contributed by atoms with E-state index in [2.05, 4.69) is 12.2 Å². The molecule has 0 aliphatic heterocycles. The second-order valence-corrected chi connectivity index (χ2v) is 4.72. The Kier molecular flexibility index (Phi) is 5.13. The molecule has 0 aliphatic carbocycles. The predicted molar refractivity (Wildman–Crippen MR) is 80.4 cm³/mol. The van der Waals surface area contributed by atoms with Crippen molar-refractivity contribution in [2.24, 2.45) is 0 Å². The van der Waals surface area contributed by atoms with E-state index >= 15 is 0 Å². The molecule has 0 heterocycles. The maximum Gasteiger partial charge on any atom is 0.131 e. The summed E-state index contributed by atoms with van der Waals surface area (Å²) in [6, 6.07) is 12.8. The first-order chi connectivity index (χ1) is 9.74. The summed E-state index contributed by atoms with van der Waals surface area (Å²) in [5, 5.41) is 3.27. The number of hydrogen-bond donors (Lipinski definition) is 1. The lowest BCUT2D eigenvalue weighted by molar-refractivity contribution is 0.415. The average molecular weight is 273 g/mol. The molecule has 0 unspecified atom stereocenters. The van der Waals surface area contributed by atoms with Gasteiger partial charge in [-0.2, -0.15) is 0 Å². The number of nitrogens with one attached hydrogen (secondary N) is 1. The molecule has 3 heteroatoms. The monoisotopic (exact) mass is 273 g/mol. The molecule has 2 rings (SSSR count). The van der Waals surface area contributed by atoms with Crippen LogP contribution in [0.15, 0.2) is 42.5 Å². The van der Waals surface area contributed by atoms with Crippen LogP contribution in [0, 0.1) is 5.82 Å². The third kappa shape index (κ3) is 3.58. The van der Waals surface area contributed by atoms with Crippen molar-refractivity contribution in [2.45, 2.75) is 19.9 Å². The minimum Gasteiger partial charge on any atom is -0.497 e. The van der Waals surface area contributed by atoms with Crippen molar-refractivity contribution in [3.05, 3.63) is 53.8 Å². The molecule has 0 fully saturated rings. The Morgan fingerprint density at radius 3 is 2.45 bits per heavy atom. The Labute approximate surface area is 119 Å². The van der Waals surface area contributed by atoms with Crippen LogP contribution in [0.3, 0.4) is 0 Å². The van der Waals surface area contributed by atoms with Crippen LogP contribution in [0.1, 0.15) is 18.9 Å². The van der Waals surface area contributed by atoms with E-state index in [1.165, 1.54) is 0 Å². The number of ether oxygens (including phenoxy) is 1. The van der Waals surface area contributed by atoms with E-state index in [-0.39, 0.29) is 5.82 Å². The Bertz CT molecular complexity index is 551. The molecule has 2 nitrogen and oxygen atoms in total. The highest BCUT2D eigenvalue weighted by Crippen LogP contribution is 2.25. The standard InChI is InChI=1S/C17H20FNO/c1-3-10-19-12-13-4-9-16(17(18)11-13)14-5-7-15(20-2)8-6-14/h4-9,11,19H,3,10,12H2,1-2H3. The third-order valence-electron chi connectivity index (χ3n) is 3.19. The molecule has 20 heavy (non-hydrogen) atoms. The Morgan fingerprint density at radius 2 is 1.85 bits per heavy atom. The minimum atomic E-state index is -0.189. The fourth-order valence-corrected chi connectivity index (χ4v) is 2.08. The molecule has 0 bridgehead atoms. The van der Waals surface area contributed by atoms with Crippen molar-refractivity contribution in [2.75, 3.05) is 13.7 Å². The minimum absolute atomic E-state index is 0.189. The second-order valence-electron chi connectivity index (χ2n) is 4.72. The summed E-state index contributed by atoms with van der Waals surface area (Å²) in [4.78, 5) is 0. The van der Waals surface area contributed by atoms with Gasteiger partial charge < -0.3 is 10.1 Å². The fourth-order valence-electron chi connectivity index (χ4n) is 2.08. The van der Waals surface area contributed by atoms with E-state index in [1.54, 1.807) is 13.2 Å². The van der Waals surface area contributed by atoms with Crippen LogP contribution in [-0.2, 0) is 6.54 Å². The van der Waals surface area contributed by atoms with Crippen LogP contribution in [-0.4, -0.2) is 13.7 Å².